The molecule has 1 aromatic heterocycles. The van der Waals surface area contributed by atoms with Crippen LogP contribution in [0.1, 0.15) is 31.1 Å². The molecule has 0 saturated carbocycles. The predicted octanol–water partition coefficient (Wildman–Crippen LogP) is 3.58. The second-order valence-corrected chi connectivity index (χ2v) is 7.59. The first-order chi connectivity index (χ1) is 14.3. The summed E-state index contributed by atoms with van der Waals surface area (Å²) < 4.78 is 5.24. The Morgan fingerprint density at radius 2 is 1.83 bits per heavy atom. The zero-order valence-electron chi connectivity index (χ0n) is 16.2. The lowest BCUT2D eigenvalue weighted by molar-refractivity contribution is -0.154. The molecule has 0 spiro atoms. The number of benzene rings is 2. The van der Waals surface area contributed by atoms with Crippen molar-refractivity contribution in [3.63, 3.8) is 0 Å². The molecule has 2 N–H and O–H groups in total. The number of carbonyl (C=O) groups is 2. The molecular formula is C21H19Cl2N3O4. The average molecular weight is 448 g/mol. The van der Waals surface area contributed by atoms with Crippen molar-refractivity contribution in [3.8, 4) is 0 Å². The molecule has 2 aromatic carbocycles. The standard InChI is InChI=1S/C21H19Cl2N3O4/c1-11(14-8-7-13(22)9-17(14)23)24-20(28)12(2)30-19(27)10-18-15-5-3-4-6-16(15)21(29)26-25-18/h3-9,11-12H,10H2,1-2H3,(H,24,28)(H,26,29)/t11-,12-/m1/s1. The van der Waals surface area contributed by atoms with E-state index in [1.54, 1.807) is 49.4 Å². The summed E-state index contributed by atoms with van der Waals surface area (Å²) in [6, 6.07) is 11.4. The van der Waals surface area contributed by atoms with Crippen LogP contribution in [0.2, 0.25) is 10.0 Å². The number of nitrogens with one attached hydrogen (secondary N) is 2. The van der Waals surface area contributed by atoms with Crippen LogP contribution in [0.25, 0.3) is 10.8 Å². The third kappa shape index (κ3) is 4.98. The third-order valence-electron chi connectivity index (χ3n) is 4.55. The number of rotatable bonds is 6. The van der Waals surface area contributed by atoms with Crippen LogP contribution in [0.3, 0.4) is 0 Å². The number of hydrogen-bond acceptors (Lipinski definition) is 5. The number of H-pyrrole nitrogens is 1. The molecule has 9 heteroatoms. The van der Waals surface area contributed by atoms with E-state index in [4.69, 9.17) is 27.9 Å². The number of aromatic nitrogens is 2. The highest BCUT2D eigenvalue weighted by molar-refractivity contribution is 6.35. The summed E-state index contributed by atoms with van der Waals surface area (Å²) >= 11 is 12.1. The van der Waals surface area contributed by atoms with Crippen molar-refractivity contribution in [1.82, 2.24) is 15.5 Å². The number of carbonyl (C=O) groups excluding carboxylic acids is 2. The Morgan fingerprint density at radius 1 is 1.13 bits per heavy atom. The predicted molar refractivity (Wildman–Crippen MR) is 115 cm³/mol. The quantitative estimate of drug-likeness (QED) is 0.562. The largest absolute Gasteiger partial charge is 0.452 e. The minimum Gasteiger partial charge on any atom is -0.452 e. The molecule has 0 bridgehead atoms. The van der Waals surface area contributed by atoms with Gasteiger partial charge in [0.1, 0.15) is 0 Å². The van der Waals surface area contributed by atoms with E-state index in [1.165, 1.54) is 6.92 Å². The number of esters is 1. The minimum atomic E-state index is -1.03. The van der Waals surface area contributed by atoms with E-state index < -0.39 is 24.0 Å². The molecule has 0 aliphatic rings. The van der Waals surface area contributed by atoms with Crippen LogP contribution in [0.15, 0.2) is 47.3 Å². The first-order valence-corrected chi connectivity index (χ1v) is 9.93. The highest BCUT2D eigenvalue weighted by Crippen LogP contribution is 2.26. The Hall–Kier alpha value is -2.90. The van der Waals surface area contributed by atoms with Crippen LogP contribution in [-0.4, -0.2) is 28.2 Å². The van der Waals surface area contributed by atoms with Crippen molar-refractivity contribution in [2.24, 2.45) is 0 Å². The van der Waals surface area contributed by atoms with Crippen LogP contribution >= 0.6 is 23.2 Å². The van der Waals surface area contributed by atoms with Crippen LogP contribution in [-0.2, 0) is 20.7 Å². The molecule has 1 heterocycles. The summed E-state index contributed by atoms with van der Waals surface area (Å²) in [5.74, 6) is -1.11. The second kappa shape index (κ2) is 9.28. The van der Waals surface area contributed by atoms with E-state index >= 15 is 0 Å². The van der Waals surface area contributed by atoms with E-state index in [2.05, 4.69) is 15.5 Å². The highest BCUT2D eigenvalue weighted by atomic mass is 35.5. The maximum atomic E-state index is 12.4. The number of ether oxygens (including phenoxy) is 1. The van der Waals surface area contributed by atoms with Crippen LogP contribution in [0.4, 0.5) is 0 Å². The fourth-order valence-electron chi connectivity index (χ4n) is 3.00. The topological polar surface area (TPSA) is 101 Å². The Labute approximate surface area is 182 Å². The summed E-state index contributed by atoms with van der Waals surface area (Å²) in [5, 5.41) is 11.0. The number of fused-ring (bicyclic) bond motifs is 1. The first-order valence-electron chi connectivity index (χ1n) is 9.17. The molecule has 30 heavy (non-hydrogen) atoms. The van der Waals surface area contributed by atoms with Crippen LogP contribution < -0.4 is 10.9 Å². The second-order valence-electron chi connectivity index (χ2n) is 6.75. The van der Waals surface area contributed by atoms with Gasteiger partial charge in [0.2, 0.25) is 0 Å². The average Bonchev–Trinajstić information content (AvgIpc) is 2.70. The van der Waals surface area contributed by atoms with E-state index in [0.29, 0.717) is 32.1 Å². The van der Waals surface area contributed by atoms with Gasteiger partial charge in [-0.3, -0.25) is 14.4 Å². The van der Waals surface area contributed by atoms with Crippen molar-refractivity contribution in [1.29, 1.82) is 0 Å². The Bertz CT molecular complexity index is 1160. The number of halogens is 2. The molecule has 0 unspecified atom stereocenters. The molecular weight excluding hydrogens is 429 g/mol. The molecule has 0 aliphatic heterocycles. The van der Waals surface area contributed by atoms with Gasteiger partial charge in [-0.05, 0) is 37.6 Å². The Morgan fingerprint density at radius 3 is 2.53 bits per heavy atom. The number of aromatic amines is 1. The summed E-state index contributed by atoms with van der Waals surface area (Å²) in [4.78, 5) is 36.6. The van der Waals surface area contributed by atoms with Crippen molar-refractivity contribution in [2.75, 3.05) is 0 Å². The monoisotopic (exact) mass is 447 g/mol. The highest BCUT2D eigenvalue weighted by Gasteiger charge is 2.22. The van der Waals surface area contributed by atoms with E-state index in [1.807, 2.05) is 0 Å². The summed E-state index contributed by atoms with van der Waals surface area (Å²) in [6.45, 7) is 3.24. The summed E-state index contributed by atoms with van der Waals surface area (Å²) in [6.07, 6.45) is -1.21. The van der Waals surface area contributed by atoms with Crippen LogP contribution in [0.5, 0.6) is 0 Å². The molecule has 0 aliphatic carbocycles. The maximum Gasteiger partial charge on any atom is 0.312 e. The fourth-order valence-corrected chi connectivity index (χ4v) is 3.57. The molecule has 7 nitrogen and oxygen atoms in total. The normalized spacial score (nSPS) is 12.9. The molecule has 2 atom stereocenters. The van der Waals surface area contributed by atoms with E-state index in [0.717, 1.165) is 0 Å². The van der Waals surface area contributed by atoms with Gasteiger partial charge in [0, 0.05) is 15.4 Å². The number of amides is 1. The lowest BCUT2D eigenvalue weighted by Crippen LogP contribution is -2.37. The third-order valence-corrected chi connectivity index (χ3v) is 5.11. The van der Waals surface area contributed by atoms with Crippen molar-refractivity contribution >= 4 is 45.9 Å². The molecule has 0 fully saturated rings. The lowest BCUT2D eigenvalue weighted by Gasteiger charge is -2.19. The van der Waals surface area contributed by atoms with Gasteiger partial charge in [-0.2, -0.15) is 5.10 Å². The minimum absolute atomic E-state index is 0.187. The van der Waals surface area contributed by atoms with Crippen molar-refractivity contribution in [3.05, 3.63) is 74.1 Å². The van der Waals surface area contributed by atoms with Crippen molar-refractivity contribution < 1.29 is 14.3 Å². The Kier molecular flexibility index (Phi) is 6.74. The zero-order chi connectivity index (χ0) is 21.8. The van der Waals surface area contributed by atoms with Gasteiger partial charge in [-0.15, -0.1) is 0 Å². The zero-order valence-corrected chi connectivity index (χ0v) is 17.8. The van der Waals surface area contributed by atoms with E-state index in [-0.39, 0.29) is 12.0 Å². The number of hydrogen-bond donors (Lipinski definition) is 2. The molecule has 156 valence electrons. The Balaban J connectivity index is 1.63. The summed E-state index contributed by atoms with van der Waals surface area (Å²) in [7, 11) is 0. The molecule has 0 saturated heterocycles. The van der Waals surface area contributed by atoms with Crippen LogP contribution in [0, 0.1) is 0 Å². The van der Waals surface area contributed by atoms with Gasteiger partial charge in [0.15, 0.2) is 6.10 Å². The van der Waals surface area contributed by atoms with Gasteiger partial charge in [-0.1, -0.05) is 47.5 Å². The smallest absolute Gasteiger partial charge is 0.312 e. The maximum absolute atomic E-state index is 12.4. The SMILES string of the molecule is C[C@@H](OC(=O)Cc1n[nH]c(=O)c2ccccc12)C(=O)N[C@H](C)c1ccc(Cl)cc1Cl. The van der Waals surface area contributed by atoms with Gasteiger partial charge in [0.25, 0.3) is 11.5 Å². The van der Waals surface area contributed by atoms with Crippen molar-refractivity contribution in [2.45, 2.75) is 32.4 Å². The van der Waals surface area contributed by atoms with E-state index in [9.17, 15) is 14.4 Å². The molecule has 3 rings (SSSR count). The molecule has 3 aromatic rings. The fraction of sp³-hybridized carbons (Fsp3) is 0.238. The first kappa shape index (κ1) is 21.8. The van der Waals surface area contributed by atoms with Gasteiger partial charge >= 0.3 is 5.97 Å². The van der Waals surface area contributed by atoms with Gasteiger partial charge in [0.05, 0.1) is 23.5 Å². The van der Waals surface area contributed by atoms with Gasteiger partial charge in [-0.25, -0.2) is 5.10 Å². The summed E-state index contributed by atoms with van der Waals surface area (Å²) in [5.41, 5.74) is 0.714. The van der Waals surface area contributed by atoms with Gasteiger partial charge < -0.3 is 10.1 Å². The molecule has 0 radical (unpaired) electrons. The number of nitrogens with zero attached hydrogens (tertiary/aromatic N) is 1. The lowest BCUT2D eigenvalue weighted by atomic mass is 10.1. The molecule has 1 amide bonds.